The summed E-state index contributed by atoms with van der Waals surface area (Å²) in [4.78, 5) is 5.37. The van der Waals surface area contributed by atoms with Crippen molar-refractivity contribution in [3.8, 4) is 0 Å². The molecule has 3 nitrogen and oxygen atoms in total. The van der Waals surface area contributed by atoms with Gasteiger partial charge >= 0.3 is 0 Å². The second-order valence-electron chi connectivity index (χ2n) is 7.01. The third-order valence-corrected chi connectivity index (χ3v) is 5.65. The summed E-state index contributed by atoms with van der Waals surface area (Å²) >= 11 is 0. The van der Waals surface area contributed by atoms with Gasteiger partial charge in [-0.05, 0) is 38.1 Å². The van der Waals surface area contributed by atoms with E-state index in [0.29, 0.717) is 6.04 Å². The minimum Gasteiger partial charge on any atom is -0.326 e. The molecule has 0 spiro atoms. The molecule has 2 saturated heterocycles. The molecule has 2 atom stereocenters. The Morgan fingerprint density at radius 1 is 0.895 bits per heavy atom. The van der Waals surface area contributed by atoms with Crippen molar-refractivity contribution in [2.24, 2.45) is 11.7 Å². The molecule has 0 aromatic heterocycles. The summed E-state index contributed by atoms with van der Waals surface area (Å²) in [7, 11) is 0. The van der Waals surface area contributed by atoms with Crippen LogP contribution < -0.4 is 5.73 Å². The smallest absolute Gasteiger partial charge is 0.0223 e. The van der Waals surface area contributed by atoms with E-state index < -0.39 is 0 Å². The highest BCUT2D eigenvalue weighted by atomic mass is 15.3. The fourth-order valence-electron chi connectivity index (χ4n) is 4.40. The molecule has 3 heteroatoms. The summed E-state index contributed by atoms with van der Waals surface area (Å²) in [5.41, 5.74) is 6.49. The highest BCUT2D eigenvalue weighted by Gasteiger charge is 2.30. The van der Waals surface area contributed by atoms with Crippen molar-refractivity contribution in [2.45, 2.75) is 63.5 Å². The molecule has 110 valence electrons. The number of nitrogens with two attached hydrogens (primary N) is 1. The maximum atomic E-state index is 6.49. The van der Waals surface area contributed by atoms with Crippen LogP contribution in [0.4, 0.5) is 0 Å². The standard InChI is InChI=1S/C16H31N3/c17-16(14-6-2-1-3-7-14)13-18-10-11-19-9-5-4-8-15(19)12-18/h14-16H,1-13,17H2. The molecule has 0 aromatic rings. The van der Waals surface area contributed by atoms with E-state index in [0.717, 1.165) is 18.5 Å². The van der Waals surface area contributed by atoms with Crippen molar-refractivity contribution < 1.29 is 0 Å². The molecule has 3 rings (SSSR count). The molecule has 1 saturated carbocycles. The van der Waals surface area contributed by atoms with Gasteiger partial charge in [0, 0.05) is 38.3 Å². The van der Waals surface area contributed by atoms with Gasteiger partial charge in [-0.2, -0.15) is 0 Å². The summed E-state index contributed by atoms with van der Waals surface area (Å²) < 4.78 is 0. The van der Waals surface area contributed by atoms with Crippen LogP contribution in [0.1, 0.15) is 51.4 Å². The Kier molecular flexibility index (Phi) is 4.78. The van der Waals surface area contributed by atoms with E-state index in [4.69, 9.17) is 5.73 Å². The van der Waals surface area contributed by atoms with Gasteiger partial charge in [0.25, 0.3) is 0 Å². The number of hydrogen-bond donors (Lipinski definition) is 1. The Hall–Kier alpha value is -0.120. The number of rotatable bonds is 3. The van der Waals surface area contributed by atoms with Gasteiger partial charge < -0.3 is 5.73 Å². The summed E-state index contributed by atoms with van der Waals surface area (Å²) in [6.07, 6.45) is 11.3. The first-order chi connectivity index (χ1) is 9.33. The van der Waals surface area contributed by atoms with Crippen LogP contribution in [0, 0.1) is 5.92 Å². The summed E-state index contributed by atoms with van der Waals surface area (Å²) in [6, 6.07) is 1.26. The predicted molar refractivity (Wildman–Crippen MR) is 80.2 cm³/mol. The van der Waals surface area contributed by atoms with Crippen molar-refractivity contribution in [1.29, 1.82) is 0 Å². The molecule has 1 aliphatic carbocycles. The molecule has 2 N–H and O–H groups in total. The summed E-state index contributed by atoms with van der Waals surface area (Å²) in [6.45, 7) is 6.29. The highest BCUT2D eigenvalue weighted by molar-refractivity contribution is 4.87. The van der Waals surface area contributed by atoms with E-state index in [1.165, 1.54) is 77.5 Å². The van der Waals surface area contributed by atoms with Crippen LogP contribution in [0.2, 0.25) is 0 Å². The van der Waals surface area contributed by atoms with Gasteiger partial charge in [0.15, 0.2) is 0 Å². The molecule has 19 heavy (non-hydrogen) atoms. The van der Waals surface area contributed by atoms with Crippen molar-refractivity contribution in [1.82, 2.24) is 9.80 Å². The van der Waals surface area contributed by atoms with Gasteiger partial charge in [-0.3, -0.25) is 9.80 Å². The largest absolute Gasteiger partial charge is 0.326 e. The molecule has 2 unspecified atom stereocenters. The molecule has 0 bridgehead atoms. The lowest BCUT2D eigenvalue weighted by molar-refractivity contribution is 0.0423. The lowest BCUT2D eigenvalue weighted by Gasteiger charge is -2.45. The van der Waals surface area contributed by atoms with E-state index in [2.05, 4.69) is 9.80 Å². The van der Waals surface area contributed by atoms with E-state index in [-0.39, 0.29) is 0 Å². The van der Waals surface area contributed by atoms with Crippen LogP contribution in [0.3, 0.4) is 0 Å². The van der Waals surface area contributed by atoms with Crippen LogP contribution in [0.25, 0.3) is 0 Å². The molecule has 0 radical (unpaired) electrons. The lowest BCUT2D eigenvalue weighted by atomic mass is 9.84. The van der Waals surface area contributed by atoms with Crippen molar-refractivity contribution >= 4 is 0 Å². The maximum absolute atomic E-state index is 6.49. The van der Waals surface area contributed by atoms with Gasteiger partial charge in [0.2, 0.25) is 0 Å². The van der Waals surface area contributed by atoms with Crippen LogP contribution in [-0.4, -0.2) is 54.6 Å². The van der Waals surface area contributed by atoms with Crippen molar-refractivity contribution in [2.75, 3.05) is 32.7 Å². The highest BCUT2D eigenvalue weighted by Crippen LogP contribution is 2.27. The second kappa shape index (κ2) is 6.55. The zero-order valence-electron chi connectivity index (χ0n) is 12.4. The van der Waals surface area contributed by atoms with Gasteiger partial charge in [-0.25, -0.2) is 0 Å². The Balaban J connectivity index is 1.47. The Labute approximate surface area is 118 Å². The Morgan fingerprint density at radius 3 is 2.53 bits per heavy atom. The third kappa shape index (κ3) is 3.50. The zero-order valence-corrected chi connectivity index (χ0v) is 12.4. The summed E-state index contributed by atoms with van der Waals surface area (Å²) in [5, 5.41) is 0. The molecule has 0 aromatic carbocycles. The fraction of sp³-hybridized carbons (Fsp3) is 1.00. The van der Waals surface area contributed by atoms with E-state index in [1.807, 2.05) is 0 Å². The minimum atomic E-state index is 0.426. The first kappa shape index (κ1) is 13.8. The molecule has 0 amide bonds. The van der Waals surface area contributed by atoms with Gasteiger partial charge in [-0.15, -0.1) is 0 Å². The predicted octanol–water partition coefficient (Wildman–Crippen LogP) is 2.06. The topological polar surface area (TPSA) is 32.5 Å². The number of piperazine rings is 1. The van der Waals surface area contributed by atoms with E-state index >= 15 is 0 Å². The lowest BCUT2D eigenvalue weighted by Crippen LogP contribution is -2.57. The monoisotopic (exact) mass is 265 g/mol. The van der Waals surface area contributed by atoms with Crippen molar-refractivity contribution in [3.05, 3.63) is 0 Å². The average Bonchev–Trinajstić information content (AvgIpc) is 2.48. The third-order valence-electron chi connectivity index (χ3n) is 5.65. The SMILES string of the molecule is NC(CN1CCN2CCCCC2C1)C1CCCCC1. The molecular weight excluding hydrogens is 234 g/mol. The quantitative estimate of drug-likeness (QED) is 0.848. The summed E-state index contributed by atoms with van der Waals surface area (Å²) in [5.74, 6) is 0.804. The molecule has 2 aliphatic heterocycles. The maximum Gasteiger partial charge on any atom is 0.0223 e. The fourth-order valence-corrected chi connectivity index (χ4v) is 4.40. The molecule has 2 heterocycles. The zero-order chi connectivity index (χ0) is 13.1. The van der Waals surface area contributed by atoms with E-state index in [9.17, 15) is 0 Å². The minimum absolute atomic E-state index is 0.426. The number of fused-ring (bicyclic) bond motifs is 1. The first-order valence-electron chi connectivity index (χ1n) is 8.55. The van der Waals surface area contributed by atoms with Gasteiger partial charge in [0.1, 0.15) is 0 Å². The van der Waals surface area contributed by atoms with Crippen LogP contribution >= 0.6 is 0 Å². The first-order valence-corrected chi connectivity index (χ1v) is 8.55. The number of hydrogen-bond acceptors (Lipinski definition) is 3. The number of nitrogens with zero attached hydrogens (tertiary/aromatic N) is 2. The molecule has 3 fully saturated rings. The average molecular weight is 265 g/mol. The normalized spacial score (nSPS) is 33.0. The molecule has 3 aliphatic rings. The van der Waals surface area contributed by atoms with Gasteiger partial charge in [0.05, 0.1) is 0 Å². The Bertz CT molecular complexity index is 275. The second-order valence-corrected chi connectivity index (χ2v) is 7.01. The Morgan fingerprint density at radius 2 is 1.68 bits per heavy atom. The van der Waals surface area contributed by atoms with Crippen LogP contribution in [0.15, 0.2) is 0 Å². The van der Waals surface area contributed by atoms with Crippen LogP contribution in [-0.2, 0) is 0 Å². The van der Waals surface area contributed by atoms with E-state index in [1.54, 1.807) is 0 Å². The van der Waals surface area contributed by atoms with Crippen molar-refractivity contribution in [3.63, 3.8) is 0 Å². The van der Waals surface area contributed by atoms with Gasteiger partial charge in [-0.1, -0.05) is 25.7 Å². The number of piperidine rings is 1. The molecular formula is C16H31N3. The van der Waals surface area contributed by atoms with Crippen LogP contribution in [0.5, 0.6) is 0 Å².